The van der Waals surface area contributed by atoms with Crippen LogP contribution in [0.2, 0.25) is 0 Å². The summed E-state index contributed by atoms with van der Waals surface area (Å²) in [5.74, 6) is 0.617. The summed E-state index contributed by atoms with van der Waals surface area (Å²) in [6, 6.07) is 8.23. The van der Waals surface area contributed by atoms with Crippen molar-refractivity contribution in [1.82, 2.24) is 5.32 Å². The molecule has 1 amide bonds. The van der Waals surface area contributed by atoms with Gasteiger partial charge in [0.2, 0.25) is 0 Å². The molecule has 4 heteroatoms. The van der Waals surface area contributed by atoms with E-state index < -0.39 is 0 Å². The molecule has 1 heterocycles. The van der Waals surface area contributed by atoms with Gasteiger partial charge < -0.3 is 11.1 Å². The maximum absolute atomic E-state index is 12.7. The van der Waals surface area contributed by atoms with Crippen LogP contribution in [0, 0.1) is 18.3 Å². The van der Waals surface area contributed by atoms with Gasteiger partial charge >= 0.3 is 0 Å². The quantitative estimate of drug-likeness (QED) is 0.836. The van der Waals surface area contributed by atoms with Gasteiger partial charge in [0, 0.05) is 11.4 Å². The molecule has 0 saturated heterocycles. The fourth-order valence-corrected chi connectivity index (χ4v) is 4.77. The van der Waals surface area contributed by atoms with Gasteiger partial charge in [0.05, 0.1) is 10.6 Å². The molecular weight excluding hydrogens is 328 g/mol. The van der Waals surface area contributed by atoms with Crippen molar-refractivity contribution >= 4 is 22.2 Å². The molecule has 0 unspecified atom stereocenters. The Morgan fingerprint density at radius 1 is 1.28 bits per heavy atom. The van der Waals surface area contributed by atoms with Gasteiger partial charge in [0.15, 0.2) is 0 Å². The number of carbonyl (C=O) groups excluding carboxylic acids is 1. The van der Waals surface area contributed by atoms with Crippen LogP contribution in [-0.2, 0) is 19.4 Å². The Morgan fingerprint density at radius 2 is 1.96 bits per heavy atom. The summed E-state index contributed by atoms with van der Waals surface area (Å²) < 4.78 is 0. The molecule has 0 bridgehead atoms. The maximum Gasteiger partial charge on any atom is 0.254 e. The zero-order valence-electron chi connectivity index (χ0n) is 15.6. The van der Waals surface area contributed by atoms with Crippen molar-refractivity contribution in [2.45, 2.75) is 53.5 Å². The largest absolute Gasteiger partial charge is 0.390 e. The summed E-state index contributed by atoms with van der Waals surface area (Å²) in [6.07, 6.45) is 3.13. The lowest BCUT2D eigenvalue weighted by atomic mass is 9.72. The number of hydrogen-bond donors (Lipinski definition) is 2. The molecular formula is C21H28N2OS. The van der Waals surface area contributed by atoms with Crippen molar-refractivity contribution in [1.29, 1.82) is 0 Å². The Bertz CT molecular complexity index is 768. The molecule has 1 aliphatic rings. The van der Waals surface area contributed by atoms with Gasteiger partial charge in [-0.05, 0) is 48.6 Å². The first-order valence-corrected chi connectivity index (χ1v) is 9.81. The van der Waals surface area contributed by atoms with Crippen molar-refractivity contribution in [2.75, 3.05) is 5.73 Å². The number of thiophene rings is 1. The molecule has 3 rings (SSSR count). The number of rotatable bonds is 3. The lowest BCUT2D eigenvalue weighted by Crippen LogP contribution is -2.28. The third-order valence-corrected chi connectivity index (χ3v) is 6.40. The molecule has 0 saturated carbocycles. The number of nitrogens with one attached hydrogen (secondary N) is 1. The first kappa shape index (κ1) is 18.0. The molecule has 1 atom stereocenters. The van der Waals surface area contributed by atoms with Crippen LogP contribution in [0.15, 0.2) is 24.3 Å². The van der Waals surface area contributed by atoms with Gasteiger partial charge in [0.1, 0.15) is 0 Å². The molecule has 3 N–H and O–H groups in total. The van der Waals surface area contributed by atoms with Crippen LogP contribution >= 0.6 is 11.3 Å². The number of anilines is 1. The second-order valence-electron chi connectivity index (χ2n) is 8.22. The number of hydrogen-bond acceptors (Lipinski definition) is 3. The SMILES string of the molecule is Cc1ccc(CNC(=O)c2c(N)sc3c2CC[C@H](C(C)(C)C)C3)cc1. The second kappa shape index (κ2) is 6.83. The van der Waals surface area contributed by atoms with E-state index >= 15 is 0 Å². The molecule has 134 valence electrons. The predicted octanol–water partition coefficient (Wildman–Crippen LogP) is 4.72. The summed E-state index contributed by atoms with van der Waals surface area (Å²) in [5.41, 5.74) is 10.8. The van der Waals surface area contributed by atoms with E-state index in [1.807, 2.05) is 0 Å². The lowest BCUT2D eigenvalue weighted by molar-refractivity contribution is 0.0950. The summed E-state index contributed by atoms with van der Waals surface area (Å²) in [5, 5.41) is 3.71. The number of benzene rings is 1. The third-order valence-electron chi connectivity index (χ3n) is 5.32. The van der Waals surface area contributed by atoms with Crippen LogP contribution in [0.5, 0.6) is 0 Å². The maximum atomic E-state index is 12.7. The Labute approximate surface area is 154 Å². The molecule has 3 nitrogen and oxygen atoms in total. The summed E-state index contributed by atoms with van der Waals surface area (Å²) in [7, 11) is 0. The first-order valence-electron chi connectivity index (χ1n) is 8.99. The van der Waals surface area contributed by atoms with E-state index in [0.717, 1.165) is 30.4 Å². The minimum Gasteiger partial charge on any atom is -0.390 e. The number of carbonyl (C=O) groups is 1. The first-order chi connectivity index (χ1) is 11.8. The molecule has 0 aliphatic heterocycles. The average molecular weight is 357 g/mol. The number of nitrogen functional groups attached to an aromatic ring is 1. The molecule has 1 aliphatic carbocycles. The molecule has 1 aromatic heterocycles. The average Bonchev–Trinajstić information content (AvgIpc) is 2.88. The van der Waals surface area contributed by atoms with Crippen LogP contribution in [0.3, 0.4) is 0 Å². The highest BCUT2D eigenvalue weighted by molar-refractivity contribution is 7.16. The summed E-state index contributed by atoms with van der Waals surface area (Å²) in [6.45, 7) is 9.50. The van der Waals surface area contributed by atoms with E-state index in [1.54, 1.807) is 11.3 Å². The zero-order chi connectivity index (χ0) is 18.2. The second-order valence-corrected chi connectivity index (χ2v) is 9.35. The fourth-order valence-electron chi connectivity index (χ4n) is 3.57. The van der Waals surface area contributed by atoms with Gasteiger partial charge in [-0.1, -0.05) is 50.6 Å². The van der Waals surface area contributed by atoms with E-state index in [1.165, 1.54) is 16.0 Å². The van der Waals surface area contributed by atoms with E-state index in [9.17, 15) is 4.79 Å². The van der Waals surface area contributed by atoms with E-state index in [-0.39, 0.29) is 5.91 Å². The van der Waals surface area contributed by atoms with Crippen molar-refractivity contribution in [3.05, 3.63) is 51.4 Å². The van der Waals surface area contributed by atoms with Crippen LogP contribution in [0.4, 0.5) is 5.00 Å². The Hall–Kier alpha value is -1.81. The van der Waals surface area contributed by atoms with Crippen molar-refractivity contribution in [3.8, 4) is 0 Å². The number of aryl methyl sites for hydroxylation is 1. The number of fused-ring (bicyclic) bond motifs is 1. The van der Waals surface area contributed by atoms with Crippen molar-refractivity contribution < 1.29 is 4.79 Å². The van der Waals surface area contributed by atoms with Crippen molar-refractivity contribution in [2.24, 2.45) is 11.3 Å². The topological polar surface area (TPSA) is 55.1 Å². The minimum atomic E-state index is -0.0372. The monoisotopic (exact) mass is 356 g/mol. The normalized spacial score (nSPS) is 17.2. The highest BCUT2D eigenvalue weighted by Gasteiger charge is 2.33. The van der Waals surface area contributed by atoms with Crippen molar-refractivity contribution in [3.63, 3.8) is 0 Å². The number of amides is 1. The smallest absolute Gasteiger partial charge is 0.254 e. The minimum absolute atomic E-state index is 0.0372. The predicted molar refractivity (Wildman–Crippen MR) is 106 cm³/mol. The molecule has 0 fully saturated rings. The fraction of sp³-hybridized carbons (Fsp3) is 0.476. The molecule has 25 heavy (non-hydrogen) atoms. The van der Waals surface area contributed by atoms with Gasteiger partial charge in [-0.3, -0.25) is 4.79 Å². The molecule has 2 aromatic rings. The van der Waals surface area contributed by atoms with E-state index in [2.05, 4.69) is 57.3 Å². The Morgan fingerprint density at radius 3 is 2.60 bits per heavy atom. The van der Waals surface area contributed by atoms with Crippen LogP contribution in [0.25, 0.3) is 0 Å². The highest BCUT2D eigenvalue weighted by atomic mass is 32.1. The molecule has 0 spiro atoms. The van der Waals surface area contributed by atoms with Crippen LogP contribution in [-0.4, -0.2) is 5.91 Å². The van der Waals surface area contributed by atoms with E-state index in [4.69, 9.17) is 5.73 Å². The van der Waals surface area contributed by atoms with Gasteiger partial charge in [-0.25, -0.2) is 0 Å². The number of nitrogens with two attached hydrogens (primary N) is 1. The van der Waals surface area contributed by atoms with E-state index in [0.29, 0.717) is 22.9 Å². The van der Waals surface area contributed by atoms with Gasteiger partial charge in [0.25, 0.3) is 5.91 Å². The zero-order valence-corrected chi connectivity index (χ0v) is 16.4. The Balaban J connectivity index is 1.74. The lowest BCUT2D eigenvalue weighted by Gasteiger charge is -2.33. The molecule has 1 aromatic carbocycles. The highest BCUT2D eigenvalue weighted by Crippen LogP contribution is 2.43. The van der Waals surface area contributed by atoms with Gasteiger partial charge in [-0.15, -0.1) is 11.3 Å². The summed E-state index contributed by atoms with van der Waals surface area (Å²) >= 11 is 1.61. The molecule has 0 radical (unpaired) electrons. The van der Waals surface area contributed by atoms with Gasteiger partial charge in [-0.2, -0.15) is 0 Å². The van der Waals surface area contributed by atoms with Crippen LogP contribution in [0.1, 0.15) is 59.1 Å². The Kier molecular flexibility index (Phi) is 4.92. The third kappa shape index (κ3) is 3.90. The summed E-state index contributed by atoms with van der Waals surface area (Å²) in [4.78, 5) is 14.0. The standard InChI is InChI=1S/C21H28N2OS/c1-13-5-7-14(8-6-13)12-23-20(24)18-16-10-9-15(21(2,3)4)11-17(16)25-19(18)22/h5-8,15H,9-12,22H2,1-4H3,(H,23,24)/t15-/m0/s1. The van der Waals surface area contributed by atoms with Crippen LogP contribution < -0.4 is 11.1 Å².